The number of anilines is 2. The smallest absolute Gasteiger partial charge is 0.254 e. The molecule has 3 fully saturated rings. The van der Waals surface area contributed by atoms with Crippen molar-refractivity contribution in [3.05, 3.63) is 53.6 Å². The normalized spacial score (nSPS) is 21.4. The number of carbonyl (C=O) groups excluding carboxylic acids is 1. The number of rotatable bonds is 5. The molecule has 4 heterocycles. The Morgan fingerprint density at radius 1 is 1.14 bits per heavy atom. The maximum atomic E-state index is 13.7. The zero-order valence-corrected chi connectivity index (χ0v) is 22.3. The summed E-state index contributed by atoms with van der Waals surface area (Å²) < 4.78 is 5.81. The lowest BCUT2D eigenvalue weighted by molar-refractivity contribution is 0.0793. The quantitative estimate of drug-likeness (QED) is 0.490. The fourth-order valence-corrected chi connectivity index (χ4v) is 6.19. The van der Waals surface area contributed by atoms with E-state index >= 15 is 0 Å². The van der Waals surface area contributed by atoms with Gasteiger partial charge in [-0.05, 0) is 78.5 Å². The fraction of sp³-hybridized carbons (Fsp3) is 0.484. The number of likely N-dealkylation sites (tertiary alicyclic amines) is 1. The summed E-state index contributed by atoms with van der Waals surface area (Å²) in [5.74, 6) is 0.720. The van der Waals surface area contributed by atoms with Gasteiger partial charge in [0.15, 0.2) is 0 Å². The summed E-state index contributed by atoms with van der Waals surface area (Å²) in [6, 6.07) is 15.2. The van der Waals surface area contributed by atoms with Crippen LogP contribution in [0.15, 0.2) is 42.5 Å². The van der Waals surface area contributed by atoms with Crippen LogP contribution < -0.4 is 10.6 Å². The van der Waals surface area contributed by atoms with Gasteiger partial charge in [0.05, 0.1) is 30.0 Å². The van der Waals surface area contributed by atoms with E-state index in [1.54, 1.807) is 0 Å². The van der Waals surface area contributed by atoms with Crippen molar-refractivity contribution in [2.45, 2.75) is 65.0 Å². The molecular formula is C31H38N4O2. The lowest BCUT2D eigenvalue weighted by Gasteiger charge is -2.29. The van der Waals surface area contributed by atoms with Crippen LogP contribution in [0.2, 0.25) is 0 Å². The summed E-state index contributed by atoms with van der Waals surface area (Å²) in [5, 5.41) is 1.05. The molecule has 0 unspecified atom stereocenters. The Bertz CT molecular complexity index is 1340. The summed E-state index contributed by atoms with van der Waals surface area (Å²) in [5.41, 5.74) is 12.7. The van der Waals surface area contributed by atoms with Crippen LogP contribution in [0.25, 0.3) is 22.0 Å². The third-order valence-corrected chi connectivity index (χ3v) is 8.24. The molecule has 6 heteroatoms. The highest BCUT2D eigenvalue weighted by molar-refractivity contribution is 6.03. The number of ether oxygens (including phenoxy) is 1. The second-order valence-corrected chi connectivity index (χ2v) is 12.2. The molecule has 1 amide bonds. The van der Waals surface area contributed by atoms with Gasteiger partial charge in [-0.3, -0.25) is 4.79 Å². The molecule has 2 bridgehead atoms. The minimum atomic E-state index is 0.148. The molecule has 6 nitrogen and oxygen atoms in total. The van der Waals surface area contributed by atoms with Gasteiger partial charge in [-0.2, -0.15) is 0 Å². The van der Waals surface area contributed by atoms with E-state index < -0.39 is 0 Å². The number of nitrogens with two attached hydrogens (primary N) is 1. The van der Waals surface area contributed by atoms with Gasteiger partial charge in [0.1, 0.15) is 5.82 Å². The van der Waals surface area contributed by atoms with Crippen LogP contribution in [0.4, 0.5) is 11.5 Å². The Kier molecular flexibility index (Phi) is 6.10. The van der Waals surface area contributed by atoms with Crippen LogP contribution in [-0.2, 0) is 11.2 Å². The number of fused-ring (bicyclic) bond motifs is 3. The molecule has 3 aromatic rings. The highest BCUT2D eigenvalue weighted by Gasteiger charge is 2.40. The van der Waals surface area contributed by atoms with Gasteiger partial charge < -0.3 is 20.3 Å². The van der Waals surface area contributed by atoms with Crippen LogP contribution in [-0.4, -0.2) is 54.2 Å². The molecule has 0 aliphatic carbocycles. The largest absolute Gasteiger partial charge is 0.382 e. The summed E-state index contributed by atoms with van der Waals surface area (Å²) in [6.45, 7) is 10.1. The number of benzene rings is 2. The Balaban J connectivity index is 1.44. The number of pyridine rings is 1. The van der Waals surface area contributed by atoms with Crippen LogP contribution >= 0.6 is 0 Å². The standard InChI is InChI=1S/C31H38N4O2/c1-31(2,3)12-11-20-7-6-8-25(30(36)34-13-4-5-14-34)28(20)21-9-10-26-22(15-21)16-27(29(32)33-26)35-18-24-17-23(35)19-37-24/h6-10,15-16,23-24H,4-5,11-14,17-19H2,1-3H3,(H2,32,33)/t23-,24-/m0/s1. The van der Waals surface area contributed by atoms with Gasteiger partial charge in [-0.15, -0.1) is 0 Å². The van der Waals surface area contributed by atoms with Crippen molar-refractivity contribution < 1.29 is 9.53 Å². The Morgan fingerprint density at radius 3 is 2.65 bits per heavy atom. The average molecular weight is 499 g/mol. The van der Waals surface area contributed by atoms with E-state index in [4.69, 9.17) is 15.5 Å². The van der Waals surface area contributed by atoms with Crippen LogP contribution in [0.5, 0.6) is 0 Å². The summed E-state index contributed by atoms with van der Waals surface area (Å²) >= 11 is 0. The maximum absolute atomic E-state index is 13.7. The molecular weight excluding hydrogens is 460 g/mol. The van der Waals surface area contributed by atoms with Crippen molar-refractivity contribution in [3.8, 4) is 11.1 Å². The maximum Gasteiger partial charge on any atom is 0.254 e. The van der Waals surface area contributed by atoms with Crippen molar-refractivity contribution in [1.29, 1.82) is 0 Å². The van der Waals surface area contributed by atoms with Crippen molar-refractivity contribution >= 4 is 28.3 Å². The number of aryl methyl sites for hydroxylation is 1. The van der Waals surface area contributed by atoms with Crippen LogP contribution in [0.1, 0.15) is 62.4 Å². The van der Waals surface area contributed by atoms with E-state index in [2.05, 4.69) is 62.1 Å². The zero-order chi connectivity index (χ0) is 25.7. The van der Waals surface area contributed by atoms with Crippen molar-refractivity contribution in [2.24, 2.45) is 5.41 Å². The first-order valence-electron chi connectivity index (χ1n) is 13.8. The van der Waals surface area contributed by atoms with E-state index in [0.717, 1.165) is 91.6 Å². The van der Waals surface area contributed by atoms with Gasteiger partial charge in [0.25, 0.3) is 5.91 Å². The van der Waals surface area contributed by atoms with E-state index in [0.29, 0.717) is 18.0 Å². The average Bonchev–Trinajstić information content (AvgIpc) is 3.65. The number of hydrogen-bond donors (Lipinski definition) is 1. The van der Waals surface area contributed by atoms with Crippen molar-refractivity contribution in [3.63, 3.8) is 0 Å². The Labute approximate surface area is 219 Å². The molecule has 3 saturated heterocycles. The van der Waals surface area contributed by atoms with Crippen molar-refractivity contribution in [2.75, 3.05) is 36.9 Å². The first kappa shape index (κ1) is 24.2. The first-order chi connectivity index (χ1) is 17.8. The van der Waals surface area contributed by atoms with Gasteiger partial charge in [-0.25, -0.2) is 4.98 Å². The molecule has 0 radical (unpaired) electrons. The number of amides is 1. The molecule has 6 rings (SSSR count). The summed E-state index contributed by atoms with van der Waals surface area (Å²) in [4.78, 5) is 22.8. The lowest BCUT2D eigenvalue weighted by Crippen LogP contribution is -2.37. The zero-order valence-electron chi connectivity index (χ0n) is 22.3. The molecule has 2 atom stereocenters. The number of aromatic nitrogens is 1. The second kappa shape index (κ2) is 9.32. The predicted molar refractivity (Wildman–Crippen MR) is 150 cm³/mol. The topological polar surface area (TPSA) is 71.7 Å². The molecule has 1 aromatic heterocycles. The first-order valence-corrected chi connectivity index (χ1v) is 13.8. The van der Waals surface area contributed by atoms with E-state index in [1.165, 1.54) is 5.56 Å². The third-order valence-electron chi connectivity index (χ3n) is 8.24. The molecule has 0 saturated carbocycles. The lowest BCUT2D eigenvalue weighted by atomic mass is 9.85. The minimum Gasteiger partial charge on any atom is -0.382 e. The molecule has 2 N–H and O–H groups in total. The number of morpholine rings is 1. The van der Waals surface area contributed by atoms with Gasteiger partial charge in [0.2, 0.25) is 0 Å². The number of nitrogen functional groups attached to an aromatic ring is 1. The predicted octanol–water partition coefficient (Wildman–Crippen LogP) is 5.68. The summed E-state index contributed by atoms with van der Waals surface area (Å²) in [7, 11) is 0. The third kappa shape index (κ3) is 4.68. The molecule has 194 valence electrons. The number of hydrogen-bond acceptors (Lipinski definition) is 5. The summed E-state index contributed by atoms with van der Waals surface area (Å²) in [6.07, 6.45) is 5.50. The van der Waals surface area contributed by atoms with Gasteiger partial charge in [-0.1, -0.05) is 39.0 Å². The van der Waals surface area contributed by atoms with E-state index in [9.17, 15) is 4.79 Å². The van der Waals surface area contributed by atoms with Crippen molar-refractivity contribution in [1.82, 2.24) is 9.88 Å². The van der Waals surface area contributed by atoms with Gasteiger partial charge in [0, 0.05) is 30.6 Å². The second-order valence-electron chi connectivity index (χ2n) is 12.2. The molecule has 37 heavy (non-hydrogen) atoms. The molecule has 2 aromatic carbocycles. The van der Waals surface area contributed by atoms with E-state index in [1.807, 2.05) is 11.0 Å². The molecule has 0 spiro atoms. The fourth-order valence-electron chi connectivity index (χ4n) is 6.19. The minimum absolute atomic E-state index is 0.148. The Hall–Kier alpha value is -3.12. The van der Waals surface area contributed by atoms with Gasteiger partial charge >= 0.3 is 0 Å². The van der Waals surface area contributed by atoms with Crippen LogP contribution in [0, 0.1) is 5.41 Å². The monoisotopic (exact) mass is 498 g/mol. The Morgan fingerprint density at radius 2 is 1.95 bits per heavy atom. The number of nitrogens with zero attached hydrogens (tertiary/aromatic N) is 3. The molecule has 3 aliphatic rings. The van der Waals surface area contributed by atoms with Crippen LogP contribution in [0.3, 0.4) is 0 Å². The number of carbonyl (C=O) groups is 1. The highest BCUT2D eigenvalue weighted by Crippen LogP contribution is 2.38. The van der Waals surface area contributed by atoms with E-state index in [-0.39, 0.29) is 11.3 Å². The highest BCUT2D eigenvalue weighted by atomic mass is 16.5. The SMILES string of the molecule is CC(C)(C)CCc1cccc(C(=O)N2CCCC2)c1-c1ccc2nc(N)c(N3C[C@@H]4C[C@H]3CO4)cc2c1. The molecule has 3 aliphatic heterocycles.